The van der Waals surface area contributed by atoms with Crippen LogP contribution in [0.3, 0.4) is 0 Å². The molecule has 3 amide bonds. The lowest BCUT2D eigenvalue weighted by molar-refractivity contribution is -0.384. The normalized spacial score (nSPS) is 15.1. The first-order valence-electron chi connectivity index (χ1n) is 9.15. The minimum atomic E-state index is -0.642. The quantitative estimate of drug-likeness (QED) is 0.364. The van der Waals surface area contributed by atoms with E-state index in [1.807, 2.05) is 0 Å². The predicted molar refractivity (Wildman–Crippen MR) is 119 cm³/mol. The van der Waals surface area contributed by atoms with Crippen LogP contribution in [0.4, 0.5) is 14.9 Å². The number of hydrogen-bond donors (Lipinski definition) is 1. The Morgan fingerprint density at radius 2 is 2.00 bits per heavy atom. The Hall–Kier alpha value is -3.50. The minimum absolute atomic E-state index is 0.0179. The highest BCUT2D eigenvalue weighted by molar-refractivity contribution is 8.18. The molecule has 1 aliphatic rings. The van der Waals surface area contributed by atoms with Crippen molar-refractivity contribution in [1.29, 1.82) is 0 Å². The molecular formula is C21H15ClFN3O5S. The molecule has 3 rings (SSSR count). The van der Waals surface area contributed by atoms with Crippen LogP contribution in [0.1, 0.15) is 11.1 Å². The number of thioether (sulfide) groups is 1. The summed E-state index contributed by atoms with van der Waals surface area (Å²) in [6.45, 7) is -0.0353. The van der Waals surface area contributed by atoms with Gasteiger partial charge in [-0.25, -0.2) is 4.39 Å². The summed E-state index contributed by atoms with van der Waals surface area (Å²) in [5.41, 5.74) is 0.551. The first kappa shape index (κ1) is 23.2. The van der Waals surface area contributed by atoms with E-state index in [0.29, 0.717) is 22.9 Å². The number of imide groups is 1. The van der Waals surface area contributed by atoms with E-state index in [1.165, 1.54) is 54.6 Å². The molecule has 2 aromatic rings. The number of carbonyl (C=O) groups is 3. The Morgan fingerprint density at radius 3 is 2.72 bits per heavy atom. The molecule has 1 fully saturated rings. The van der Waals surface area contributed by atoms with Crippen molar-refractivity contribution >= 4 is 58.3 Å². The molecule has 0 atom stereocenters. The molecule has 1 N–H and O–H groups in total. The fourth-order valence-corrected chi connectivity index (χ4v) is 3.79. The number of halogens is 2. The Bertz CT molecular complexity index is 1170. The van der Waals surface area contributed by atoms with Crippen molar-refractivity contribution in [2.75, 3.05) is 13.1 Å². The highest BCUT2D eigenvalue weighted by Crippen LogP contribution is 2.33. The zero-order valence-electron chi connectivity index (χ0n) is 16.3. The third kappa shape index (κ3) is 5.80. The van der Waals surface area contributed by atoms with E-state index in [2.05, 4.69) is 5.32 Å². The molecule has 1 saturated heterocycles. The molecule has 32 heavy (non-hydrogen) atoms. The van der Waals surface area contributed by atoms with Crippen LogP contribution in [0.5, 0.6) is 0 Å². The van der Waals surface area contributed by atoms with Gasteiger partial charge in [-0.05, 0) is 53.2 Å². The zero-order chi connectivity index (χ0) is 23.3. The first-order valence-corrected chi connectivity index (χ1v) is 10.3. The van der Waals surface area contributed by atoms with E-state index in [0.717, 1.165) is 4.90 Å². The van der Waals surface area contributed by atoms with Gasteiger partial charge in [0.25, 0.3) is 16.8 Å². The zero-order valence-corrected chi connectivity index (χ0v) is 17.9. The lowest BCUT2D eigenvalue weighted by Crippen LogP contribution is -2.36. The Labute approximate surface area is 190 Å². The maximum Gasteiger partial charge on any atom is 0.293 e. The topological polar surface area (TPSA) is 110 Å². The van der Waals surface area contributed by atoms with Crippen molar-refractivity contribution in [2.24, 2.45) is 0 Å². The predicted octanol–water partition coefficient (Wildman–Crippen LogP) is 4.25. The van der Waals surface area contributed by atoms with Gasteiger partial charge in [0.15, 0.2) is 0 Å². The van der Waals surface area contributed by atoms with Gasteiger partial charge in [0, 0.05) is 25.2 Å². The van der Waals surface area contributed by atoms with Crippen LogP contribution in [-0.4, -0.2) is 40.0 Å². The average molecular weight is 476 g/mol. The smallest absolute Gasteiger partial charge is 0.293 e. The number of nitrogens with zero attached hydrogens (tertiary/aromatic N) is 2. The summed E-state index contributed by atoms with van der Waals surface area (Å²) in [4.78, 5) is 48.0. The number of benzene rings is 2. The fraction of sp³-hybridized carbons (Fsp3) is 0.0952. The fourth-order valence-electron chi connectivity index (χ4n) is 2.74. The molecule has 0 radical (unpaired) electrons. The highest BCUT2D eigenvalue weighted by atomic mass is 35.5. The molecule has 2 aromatic carbocycles. The van der Waals surface area contributed by atoms with Crippen LogP contribution >= 0.6 is 23.4 Å². The number of hydrogen-bond acceptors (Lipinski definition) is 6. The summed E-state index contributed by atoms with van der Waals surface area (Å²) in [7, 11) is 0. The number of nitro benzene ring substituents is 1. The molecule has 164 valence electrons. The number of carbonyl (C=O) groups excluding carboxylic acids is 3. The van der Waals surface area contributed by atoms with Gasteiger partial charge < -0.3 is 5.32 Å². The molecule has 1 heterocycles. The minimum Gasteiger partial charge on any atom is -0.351 e. The molecule has 0 aliphatic carbocycles. The molecule has 0 aromatic heterocycles. The van der Waals surface area contributed by atoms with Gasteiger partial charge in [-0.15, -0.1) is 0 Å². The molecule has 1 aliphatic heterocycles. The van der Waals surface area contributed by atoms with Crippen LogP contribution in [0.15, 0.2) is 53.4 Å². The van der Waals surface area contributed by atoms with Crippen molar-refractivity contribution in [2.45, 2.75) is 0 Å². The maximum absolute atomic E-state index is 13.1. The lowest BCUT2D eigenvalue weighted by Gasteiger charge is -2.12. The van der Waals surface area contributed by atoms with Gasteiger partial charge in [0.05, 0.1) is 9.83 Å². The summed E-state index contributed by atoms with van der Waals surface area (Å²) in [6, 6.07) is 9.75. The standard InChI is InChI=1S/C21H15ClFN3O5S/c22-16-6-4-14(11-17(16)26(30)31)12-18-20(28)25(21(29)32-18)9-8-24-19(27)7-5-13-2-1-3-15(23)10-13/h1-7,10-12H,8-9H2,(H,24,27)/b7-5+,18-12-. The number of amides is 3. The summed E-state index contributed by atoms with van der Waals surface area (Å²) >= 11 is 6.47. The van der Waals surface area contributed by atoms with Gasteiger partial charge in [0.2, 0.25) is 5.91 Å². The van der Waals surface area contributed by atoms with Crippen LogP contribution < -0.4 is 5.32 Å². The summed E-state index contributed by atoms with van der Waals surface area (Å²) in [5, 5.41) is 13.0. The van der Waals surface area contributed by atoms with E-state index in [-0.39, 0.29) is 28.7 Å². The average Bonchev–Trinajstić information content (AvgIpc) is 3.01. The largest absolute Gasteiger partial charge is 0.351 e. The van der Waals surface area contributed by atoms with Crippen LogP contribution in [0.25, 0.3) is 12.2 Å². The Morgan fingerprint density at radius 1 is 1.22 bits per heavy atom. The molecule has 0 unspecified atom stereocenters. The lowest BCUT2D eigenvalue weighted by atomic mass is 10.2. The van der Waals surface area contributed by atoms with Gasteiger partial charge in [-0.3, -0.25) is 29.4 Å². The third-order valence-electron chi connectivity index (χ3n) is 4.25. The van der Waals surface area contributed by atoms with Crippen molar-refractivity contribution in [3.63, 3.8) is 0 Å². The second-order valence-corrected chi connectivity index (χ2v) is 7.88. The van der Waals surface area contributed by atoms with Crippen LogP contribution in [0, 0.1) is 15.9 Å². The summed E-state index contributed by atoms with van der Waals surface area (Å²) < 4.78 is 13.1. The van der Waals surface area contributed by atoms with Gasteiger partial charge in [0.1, 0.15) is 10.8 Å². The van der Waals surface area contributed by atoms with Crippen molar-refractivity contribution < 1.29 is 23.7 Å². The monoisotopic (exact) mass is 475 g/mol. The first-order chi connectivity index (χ1) is 15.2. The van der Waals surface area contributed by atoms with Gasteiger partial charge in [-0.2, -0.15) is 0 Å². The van der Waals surface area contributed by atoms with Crippen molar-refractivity contribution in [3.05, 3.63) is 85.5 Å². The van der Waals surface area contributed by atoms with E-state index in [1.54, 1.807) is 6.07 Å². The molecule has 0 spiro atoms. The summed E-state index contributed by atoms with van der Waals surface area (Å²) in [6.07, 6.45) is 4.02. The Kier molecular flexibility index (Phi) is 7.39. The van der Waals surface area contributed by atoms with E-state index >= 15 is 0 Å². The number of rotatable bonds is 7. The van der Waals surface area contributed by atoms with Crippen molar-refractivity contribution in [3.8, 4) is 0 Å². The number of nitro groups is 1. The SMILES string of the molecule is O=C(/C=C/c1cccc(F)c1)NCCN1C(=O)S/C(=C\c2ccc(Cl)c([N+](=O)[O-])c2)C1=O. The second-order valence-electron chi connectivity index (χ2n) is 6.48. The Balaban J connectivity index is 1.58. The summed E-state index contributed by atoms with van der Waals surface area (Å²) in [5.74, 6) is -1.46. The molecular weight excluding hydrogens is 461 g/mol. The van der Waals surface area contributed by atoms with Gasteiger partial charge >= 0.3 is 0 Å². The van der Waals surface area contributed by atoms with E-state index in [4.69, 9.17) is 11.6 Å². The van der Waals surface area contributed by atoms with E-state index in [9.17, 15) is 28.9 Å². The third-order valence-corrected chi connectivity index (χ3v) is 5.48. The van der Waals surface area contributed by atoms with Crippen LogP contribution in [0.2, 0.25) is 5.02 Å². The maximum atomic E-state index is 13.1. The van der Waals surface area contributed by atoms with Crippen molar-refractivity contribution in [1.82, 2.24) is 10.2 Å². The van der Waals surface area contributed by atoms with E-state index < -0.39 is 27.8 Å². The molecule has 0 saturated carbocycles. The molecule has 8 nitrogen and oxygen atoms in total. The van der Waals surface area contributed by atoms with Gasteiger partial charge in [-0.1, -0.05) is 29.8 Å². The molecule has 0 bridgehead atoms. The molecule has 11 heteroatoms. The highest BCUT2D eigenvalue weighted by Gasteiger charge is 2.34. The second kappa shape index (κ2) is 10.2. The van der Waals surface area contributed by atoms with Crippen LogP contribution in [-0.2, 0) is 9.59 Å². The number of nitrogens with one attached hydrogen (secondary N) is 1.